The molecule has 0 heterocycles. The van der Waals surface area contributed by atoms with Gasteiger partial charge in [0.25, 0.3) is 0 Å². The lowest BCUT2D eigenvalue weighted by atomic mass is 10.1. The van der Waals surface area contributed by atoms with Gasteiger partial charge in [-0.3, -0.25) is 0 Å². The Bertz CT molecular complexity index is 659. The van der Waals surface area contributed by atoms with Crippen molar-refractivity contribution in [2.24, 2.45) is 10.9 Å². The highest BCUT2D eigenvalue weighted by atomic mass is 19.1. The van der Waals surface area contributed by atoms with Gasteiger partial charge in [0, 0.05) is 17.2 Å². The number of rotatable bonds is 5. The molecular weight excluding hydrogens is 275 g/mol. The molecule has 0 saturated heterocycles. The number of halogens is 1. The molecule has 3 N–H and O–H groups in total. The van der Waals surface area contributed by atoms with Crippen molar-refractivity contribution in [2.45, 2.75) is 6.61 Å². The van der Waals surface area contributed by atoms with Gasteiger partial charge < -0.3 is 20.4 Å². The van der Waals surface area contributed by atoms with Crippen LogP contribution in [0, 0.1) is 5.82 Å². The smallest absolute Gasteiger partial charge is 0.170 e. The Morgan fingerprint density at radius 2 is 2.00 bits per heavy atom. The molecule has 2 aromatic rings. The third-order valence-corrected chi connectivity index (χ3v) is 2.89. The van der Waals surface area contributed by atoms with Gasteiger partial charge in [0.05, 0.1) is 7.11 Å². The van der Waals surface area contributed by atoms with Crippen LogP contribution in [0.1, 0.15) is 11.1 Å². The molecule has 0 spiro atoms. The van der Waals surface area contributed by atoms with E-state index >= 15 is 0 Å². The normalized spacial score (nSPS) is 11.2. The predicted molar refractivity (Wildman–Crippen MR) is 76.2 cm³/mol. The van der Waals surface area contributed by atoms with Gasteiger partial charge in [-0.15, -0.1) is 0 Å². The van der Waals surface area contributed by atoms with E-state index < -0.39 is 5.82 Å². The number of ether oxygens (including phenoxy) is 2. The Balaban J connectivity index is 2.19. The Morgan fingerprint density at radius 3 is 2.71 bits per heavy atom. The second-order valence-corrected chi connectivity index (χ2v) is 4.25. The topological polar surface area (TPSA) is 77.1 Å². The molecule has 0 saturated carbocycles. The fraction of sp³-hybridized carbons (Fsp3) is 0.133. The van der Waals surface area contributed by atoms with Gasteiger partial charge >= 0.3 is 0 Å². The van der Waals surface area contributed by atoms with E-state index in [0.29, 0.717) is 22.6 Å². The van der Waals surface area contributed by atoms with Crippen molar-refractivity contribution in [2.75, 3.05) is 7.11 Å². The standard InChI is InChI=1S/C15H15FN2O3/c1-20-12-3-2-4-13(8-12)21-9-10-5-6-11(16)7-14(10)15(17)18-19/h2-8,19H,9H2,1H3,(H2,17,18). The van der Waals surface area contributed by atoms with Gasteiger partial charge in [-0.2, -0.15) is 0 Å². The minimum atomic E-state index is -0.471. The zero-order valence-electron chi connectivity index (χ0n) is 11.4. The number of methoxy groups -OCH3 is 1. The first kappa shape index (κ1) is 14.6. The summed E-state index contributed by atoms with van der Waals surface area (Å²) in [4.78, 5) is 0. The summed E-state index contributed by atoms with van der Waals surface area (Å²) in [5, 5.41) is 11.6. The highest BCUT2D eigenvalue weighted by Gasteiger charge is 2.09. The molecule has 2 rings (SSSR count). The van der Waals surface area contributed by atoms with Gasteiger partial charge in [-0.05, 0) is 24.3 Å². The third-order valence-electron chi connectivity index (χ3n) is 2.89. The molecule has 0 radical (unpaired) electrons. The number of benzene rings is 2. The van der Waals surface area contributed by atoms with Crippen molar-refractivity contribution in [3.05, 3.63) is 59.4 Å². The van der Waals surface area contributed by atoms with Gasteiger partial charge in [0.1, 0.15) is 23.9 Å². The van der Waals surface area contributed by atoms with Crippen LogP contribution in [-0.2, 0) is 6.61 Å². The summed E-state index contributed by atoms with van der Waals surface area (Å²) in [6, 6.07) is 11.1. The Hall–Kier alpha value is -2.76. The third kappa shape index (κ3) is 3.62. The van der Waals surface area contributed by atoms with Crippen LogP contribution >= 0.6 is 0 Å². The van der Waals surface area contributed by atoms with Crippen LogP contribution in [0.15, 0.2) is 47.6 Å². The summed E-state index contributed by atoms with van der Waals surface area (Å²) in [5.74, 6) is 0.632. The van der Waals surface area contributed by atoms with Crippen LogP contribution in [0.4, 0.5) is 4.39 Å². The summed E-state index contributed by atoms with van der Waals surface area (Å²) in [5.41, 5.74) is 6.43. The van der Waals surface area contributed by atoms with Crippen LogP contribution in [0.5, 0.6) is 11.5 Å². The zero-order valence-corrected chi connectivity index (χ0v) is 11.4. The largest absolute Gasteiger partial charge is 0.497 e. The molecule has 2 aromatic carbocycles. The van der Waals surface area contributed by atoms with E-state index in [0.717, 1.165) is 0 Å². The van der Waals surface area contributed by atoms with Crippen LogP contribution in [0.25, 0.3) is 0 Å². The molecule has 0 bridgehead atoms. The first-order valence-electron chi connectivity index (χ1n) is 6.17. The molecule has 0 amide bonds. The molecule has 0 aromatic heterocycles. The van der Waals surface area contributed by atoms with Crippen LogP contribution < -0.4 is 15.2 Å². The summed E-state index contributed by atoms with van der Waals surface area (Å²) in [7, 11) is 1.57. The van der Waals surface area contributed by atoms with Crippen molar-refractivity contribution in [1.82, 2.24) is 0 Å². The Morgan fingerprint density at radius 1 is 1.24 bits per heavy atom. The quantitative estimate of drug-likeness (QED) is 0.384. The number of nitrogens with two attached hydrogens (primary N) is 1. The van der Waals surface area contributed by atoms with Crippen LogP contribution in [-0.4, -0.2) is 18.2 Å². The molecular formula is C15H15FN2O3. The number of nitrogens with zero attached hydrogens (tertiary/aromatic N) is 1. The van der Waals surface area contributed by atoms with Crippen molar-refractivity contribution >= 4 is 5.84 Å². The second kappa shape index (κ2) is 6.60. The lowest BCUT2D eigenvalue weighted by molar-refractivity contribution is 0.302. The average molecular weight is 290 g/mol. The molecule has 0 aliphatic heterocycles. The molecule has 110 valence electrons. The van der Waals surface area contributed by atoms with Gasteiger partial charge in [-0.1, -0.05) is 17.3 Å². The molecule has 5 nitrogen and oxygen atoms in total. The minimum Gasteiger partial charge on any atom is -0.497 e. The first-order chi connectivity index (χ1) is 10.1. The lowest BCUT2D eigenvalue weighted by Crippen LogP contribution is -2.16. The number of hydrogen-bond donors (Lipinski definition) is 2. The van der Waals surface area contributed by atoms with E-state index in [2.05, 4.69) is 5.16 Å². The summed E-state index contributed by atoms with van der Waals surface area (Å²) < 4.78 is 24.0. The molecule has 0 aliphatic rings. The van der Waals surface area contributed by atoms with E-state index in [1.807, 2.05) is 0 Å². The van der Waals surface area contributed by atoms with Crippen molar-refractivity contribution < 1.29 is 19.1 Å². The second-order valence-electron chi connectivity index (χ2n) is 4.25. The number of hydrogen-bond acceptors (Lipinski definition) is 4. The van der Waals surface area contributed by atoms with Gasteiger partial charge in [0.15, 0.2) is 5.84 Å². The number of amidine groups is 1. The lowest BCUT2D eigenvalue weighted by Gasteiger charge is -2.11. The van der Waals surface area contributed by atoms with Gasteiger partial charge in [0.2, 0.25) is 0 Å². The monoisotopic (exact) mass is 290 g/mol. The SMILES string of the molecule is COc1cccc(OCc2ccc(F)cc2C(N)=NO)c1. The van der Waals surface area contributed by atoms with E-state index in [1.54, 1.807) is 31.4 Å². The van der Waals surface area contributed by atoms with E-state index in [9.17, 15) is 4.39 Å². The van der Waals surface area contributed by atoms with Gasteiger partial charge in [-0.25, -0.2) is 4.39 Å². The maximum Gasteiger partial charge on any atom is 0.170 e. The highest BCUT2D eigenvalue weighted by molar-refractivity contribution is 5.98. The maximum atomic E-state index is 13.3. The van der Waals surface area contributed by atoms with Crippen LogP contribution in [0.3, 0.4) is 0 Å². The highest BCUT2D eigenvalue weighted by Crippen LogP contribution is 2.21. The average Bonchev–Trinajstić information content (AvgIpc) is 2.53. The fourth-order valence-electron chi connectivity index (χ4n) is 1.82. The molecule has 6 heteroatoms. The minimum absolute atomic E-state index is 0.152. The van der Waals surface area contributed by atoms with Crippen molar-refractivity contribution in [3.63, 3.8) is 0 Å². The number of oxime groups is 1. The summed E-state index contributed by atoms with van der Waals surface area (Å²) in [6.07, 6.45) is 0. The Labute approximate surface area is 121 Å². The molecule has 21 heavy (non-hydrogen) atoms. The molecule has 0 unspecified atom stereocenters. The Kier molecular flexibility index (Phi) is 4.61. The summed E-state index contributed by atoms with van der Waals surface area (Å²) in [6.45, 7) is 0.152. The van der Waals surface area contributed by atoms with Crippen molar-refractivity contribution in [3.8, 4) is 11.5 Å². The molecule has 0 fully saturated rings. The molecule has 0 aliphatic carbocycles. The molecule has 0 atom stereocenters. The zero-order chi connectivity index (χ0) is 15.2. The van der Waals surface area contributed by atoms with Crippen molar-refractivity contribution in [1.29, 1.82) is 0 Å². The maximum absolute atomic E-state index is 13.3. The van der Waals surface area contributed by atoms with E-state index in [4.69, 9.17) is 20.4 Å². The van der Waals surface area contributed by atoms with E-state index in [-0.39, 0.29) is 12.4 Å². The fourth-order valence-corrected chi connectivity index (χ4v) is 1.82. The summed E-state index contributed by atoms with van der Waals surface area (Å²) >= 11 is 0. The predicted octanol–water partition coefficient (Wildman–Crippen LogP) is 2.51. The van der Waals surface area contributed by atoms with E-state index in [1.165, 1.54) is 18.2 Å². The van der Waals surface area contributed by atoms with Crippen LogP contribution in [0.2, 0.25) is 0 Å². The first-order valence-corrected chi connectivity index (χ1v) is 6.17.